The Balaban J connectivity index is 2.24. The molecule has 0 radical (unpaired) electrons. The lowest BCUT2D eigenvalue weighted by atomic mass is 10.1. The summed E-state index contributed by atoms with van der Waals surface area (Å²) in [6, 6.07) is 7.52. The second-order valence-corrected chi connectivity index (χ2v) is 5.30. The normalized spacial score (nSPS) is 10.6. The fourth-order valence-electron chi connectivity index (χ4n) is 1.85. The number of hydrogen-bond acceptors (Lipinski definition) is 2. The molecule has 2 rings (SSSR count). The zero-order valence-electron chi connectivity index (χ0n) is 11.1. The maximum Gasteiger partial charge on any atom is 0.132 e. The first-order chi connectivity index (χ1) is 8.99. The van der Waals surface area contributed by atoms with E-state index in [0.29, 0.717) is 22.5 Å². The Morgan fingerprint density at radius 2 is 1.68 bits per heavy atom. The molecular weight excluding hydrogens is 281 g/mol. The molecule has 0 saturated heterocycles. The van der Waals surface area contributed by atoms with E-state index in [1.54, 1.807) is 12.1 Å². The summed E-state index contributed by atoms with van der Waals surface area (Å²) in [5.41, 5.74) is 4.08. The Kier molecular flexibility index (Phi) is 4.33. The van der Waals surface area contributed by atoms with Gasteiger partial charge < -0.3 is 4.74 Å². The molecule has 0 amide bonds. The van der Waals surface area contributed by atoms with Crippen molar-refractivity contribution >= 4 is 23.2 Å². The van der Waals surface area contributed by atoms with Gasteiger partial charge in [0.25, 0.3) is 0 Å². The Labute approximate surface area is 123 Å². The molecule has 19 heavy (non-hydrogen) atoms. The minimum absolute atomic E-state index is 0.310. The van der Waals surface area contributed by atoms with E-state index in [1.807, 2.05) is 19.9 Å². The van der Waals surface area contributed by atoms with Gasteiger partial charge in [-0.1, -0.05) is 35.3 Å². The highest BCUT2D eigenvalue weighted by molar-refractivity contribution is 6.32. The first-order valence-electron chi connectivity index (χ1n) is 5.99. The molecule has 0 aliphatic carbocycles. The molecule has 0 N–H and O–H groups in total. The quantitative estimate of drug-likeness (QED) is 0.752. The van der Waals surface area contributed by atoms with Gasteiger partial charge in [-0.2, -0.15) is 0 Å². The molecule has 2 aromatic rings. The summed E-state index contributed by atoms with van der Waals surface area (Å²) < 4.78 is 5.86. The van der Waals surface area contributed by atoms with Crippen molar-refractivity contribution in [1.82, 2.24) is 4.98 Å². The van der Waals surface area contributed by atoms with Crippen molar-refractivity contribution in [2.45, 2.75) is 27.4 Å². The maximum atomic E-state index is 6.07. The van der Waals surface area contributed by atoms with E-state index in [9.17, 15) is 0 Å². The van der Waals surface area contributed by atoms with Crippen molar-refractivity contribution in [2.75, 3.05) is 0 Å². The smallest absolute Gasteiger partial charge is 0.132 e. The summed E-state index contributed by atoms with van der Waals surface area (Å²) in [5.74, 6) is 0.887. The third-order valence-electron chi connectivity index (χ3n) is 3.11. The predicted octanol–water partition coefficient (Wildman–Crippen LogP) is 4.89. The minimum atomic E-state index is 0.310. The number of rotatable bonds is 3. The number of halogens is 2. The Hall–Kier alpha value is -1.25. The summed E-state index contributed by atoms with van der Waals surface area (Å²) in [5, 5.41) is 0.980. The molecule has 4 heteroatoms. The van der Waals surface area contributed by atoms with Gasteiger partial charge in [0.15, 0.2) is 0 Å². The summed E-state index contributed by atoms with van der Waals surface area (Å²) in [7, 11) is 0. The molecule has 1 heterocycles. The fraction of sp³-hybridized carbons (Fsp3) is 0.267. The molecule has 0 bridgehead atoms. The van der Waals surface area contributed by atoms with Crippen LogP contribution < -0.4 is 4.74 Å². The lowest BCUT2D eigenvalue weighted by Gasteiger charge is -2.14. The monoisotopic (exact) mass is 295 g/mol. The molecule has 1 aromatic carbocycles. The average Bonchev–Trinajstić information content (AvgIpc) is 2.38. The number of hydrogen-bond donors (Lipinski definition) is 0. The van der Waals surface area contributed by atoms with Crippen LogP contribution in [0.2, 0.25) is 10.2 Å². The summed E-state index contributed by atoms with van der Waals surface area (Å²) in [6.45, 7) is 6.44. The molecular formula is C15H15Cl2NO. The van der Waals surface area contributed by atoms with Crippen molar-refractivity contribution in [1.29, 1.82) is 0 Å². The zero-order valence-corrected chi connectivity index (χ0v) is 12.6. The van der Waals surface area contributed by atoms with Gasteiger partial charge in [-0.05, 0) is 49.6 Å². The Morgan fingerprint density at radius 3 is 2.42 bits per heavy atom. The number of ether oxygens (including phenoxy) is 1. The topological polar surface area (TPSA) is 22.1 Å². The second kappa shape index (κ2) is 5.81. The molecule has 1 aromatic heterocycles. The summed E-state index contributed by atoms with van der Waals surface area (Å²) >= 11 is 11.9. The van der Waals surface area contributed by atoms with Crippen LogP contribution >= 0.6 is 23.2 Å². The highest BCUT2D eigenvalue weighted by Gasteiger charge is 2.09. The van der Waals surface area contributed by atoms with Gasteiger partial charge in [0.1, 0.15) is 17.5 Å². The number of aromatic nitrogens is 1. The molecule has 0 fully saturated rings. The van der Waals surface area contributed by atoms with Crippen LogP contribution in [0.1, 0.15) is 22.4 Å². The standard InChI is InChI=1S/C15H15Cl2NO/c1-9-4-5-10(2)15(11(9)3)19-8-13-12(16)6-7-14(17)18-13/h4-7H,8H2,1-3H3. The molecule has 0 aliphatic heterocycles. The largest absolute Gasteiger partial charge is 0.487 e. The van der Waals surface area contributed by atoms with E-state index in [0.717, 1.165) is 16.9 Å². The van der Waals surface area contributed by atoms with Crippen molar-refractivity contribution in [3.8, 4) is 5.75 Å². The van der Waals surface area contributed by atoms with Crippen molar-refractivity contribution in [3.05, 3.63) is 56.8 Å². The highest BCUT2D eigenvalue weighted by atomic mass is 35.5. The maximum absolute atomic E-state index is 6.07. The van der Waals surface area contributed by atoms with Gasteiger partial charge in [0.05, 0.1) is 10.7 Å². The van der Waals surface area contributed by atoms with Crippen LogP contribution in [0.3, 0.4) is 0 Å². The SMILES string of the molecule is Cc1ccc(C)c(OCc2nc(Cl)ccc2Cl)c1C. The van der Waals surface area contributed by atoms with E-state index in [4.69, 9.17) is 27.9 Å². The molecule has 0 atom stereocenters. The zero-order chi connectivity index (χ0) is 14.0. The lowest BCUT2D eigenvalue weighted by Crippen LogP contribution is -2.02. The molecule has 0 spiro atoms. The second-order valence-electron chi connectivity index (χ2n) is 4.50. The van der Waals surface area contributed by atoms with Gasteiger partial charge in [0.2, 0.25) is 0 Å². The van der Waals surface area contributed by atoms with E-state index in [2.05, 4.69) is 18.0 Å². The van der Waals surface area contributed by atoms with Gasteiger partial charge in [0, 0.05) is 0 Å². The third-order valence-corrected chi connectivity index (χ3v) is 3.67. The molecule has 0 unspecified atom stereocenters. The summed E-state index contributed by atoms with van der Waals surface area (Å²) in [4.78, 5) is 4.18. The number of benzene rings is 1. The van der Waals surface area contributed by atoms with Crippen LogP contribution in [-0.4, -0.2) is 4.98 Å². The van der Waals surface area contributed by atoms with Crippen LogP contribution in [-0.2, 0) is 6.61 Å². The molecule has 2 nitrogen and oxygen atoms in total. The van der Waals surface area contributed by atoms with E-state index >= 15 is 0 Å². The van der Waals surface area contributed by atoms with Crippen LogP contribution in [0.15, 0.2) is 24.3 Å². The molecule has 100 valence electrons. The first-order valence-corrected chi connectivity index (χ1v) is 6.75. The highest BCUT2D eigenvalue weighted by Crippen LogP contribution is 2.27. The van der Waals surface area contributed by atoms with Gasteiger partial charge in [-0.15, -0.1) is 0 Å². The van der Waals surface area contributed by atoms with Gasteiger partial charge in [-0.3, -0.25) is 0 Å². The number of nitrogens with zero attached hydrogens (tertiary/aromatic N) is 1. The predicted molar refractivity (Wildman–Crippen MR) is 79.2 cm³/mol. The van der Waals surface area contributed by atoms with E-state index in [-0.39, 0.29) is 0 Å². The average molecular weight is 296 g/mol. The van der Waals surface area contributed by atoms with Crippen LogP contribution in [0, 0.1) is 20.8 Å². The van der Waals surface area contributed by atoms with E-state index in [1.165, 1.54) is 5.56 Å². The van der Waals surface area contributed by atoms with Crippen molar-refractivity contribution < 1.29 is 4.74 Å². The number of pyridine rings is 1. The Bertz CT molecular complexity index is 611. The minimum Gasteiger partial charge on any atom is -0.487 e. The summed E-state index contributed by atoms with van der Waals surface area (Å²) in [6.07, 6.45) is 0. The van der Waals surface area contributed by atoms with Gasteiger partial charge >= 0.3 is 0 Å². The van der Waals surface area contributed by atoms with Crippen molar-refractivity contribution in [3.63, 3.8) is 0 Å². The number of aryl methyl sites for hydroxylation is 2. The third kappa shape index (κ3) is 3.20. The van der Waals surface area contributed by atoms with Crippen LogP contribution in [0.4, 0.5) is 0 Å². The Morgan fingerprint density at radius 1 is 1.00 bits per heavy atom. The van der Waals surface area contributed by atoms with E-state index < -0.39 is 0 Å². The van der Waals surface area contributed by atoms with Crippen molar-refractivity contribution in [2.24, 2.45) is 0 Å². The first kappa shape index (κ1) is 14.2. The van der Waals surface area contributed by atoms with Gasteiger partial charge in [-0.25, -0.2) is 4.98 Å². The molecule has 0 aliphatic rings. The van der Waals surface area contributed by atoms with Crippen LogP contribution in [0.25, 0.3) is 0 Å². The lowest BCUT2D eigenvalue weighted by molar-refractivity contribution is 0.297. The van der Waals surface area contributed by atoms with Crippen LogP contribution in [0.5, 0.6) is 5.75 Å². The molecule has 0 saturated carbocycles. The fourth-order valence-corrected chi connectivity index (χ4v) is 2.17.